The van der Waals surface area contributed by atoms with Crippen LogP contribution in [-0.4, -0.2) is 81.1 Å². The average Bonchev–Trinajstić information content (AvgIpc) is 3.22. The maximum Gasteiger partial charge on any atom is 0.453 e. The number of fused-ring (bicyclic) bond motifs is 1. The molecule has 2 fully saturated rings. The van der Waals surface area contributed by atoms with E-state index in [0.717, 1.165) is 0 Å². The van der Waals surface area contributed by atoms with Crippen molar-refractivity contribution in [1.82, 2.24) is 24.7 Å². The SMILES string of the molecule is CC1CN(C(=O)C(C)OC(=O)C2CCN(c3ccc4nnc(C(F)(F)F)n4n3)CC2)CC(C)O1. The van der Waals surface area contributed by atoms with Crippen molar-refractivity contribution in [3.05, 3.63) is 18.0 Å². The summed E-state index contributed by atoms with van der Waals surface area (Å²) in [6.07, 6.45) is -4.88. The molecule has 2 saturated heterocycles. The fourth-order valence-electron chi connectivity index (χ4n) is 4.40. The average molecular weight is 484 g/mol. The monoisotopic (exact) mass is 484 g/mol. The Morgan fingerprint density at radius 2 is 1.76 bits per heavy atom. The van der Waals surface area contributed by atoms with Crippen molar-refractivity contribution >= 4 is 23.3 Å². The molecule has 34 heavy (non-hydrogen) atoms. The Hall–Kier alpha value is -2.96. The van der Waals surface area contributed by atoms with Crippen molar-refractivity contribution in [3.8, 4) is 0 Å². The predicted molar refractivity (Wildman–Crippen MR) is 113 cm³/mol. The van der Waals surface area contributed by atoms with Gasteiger partial charge in [-0.3, -0.25) is 9.59 Å². The molecule has 0 radical (unpaired) electrons. The maximum absolute atomic E-state index is 13.1. The summed E-state index contributed by atoms with van der Waals surface area (Å²) in [6, 6.07) is 3.00. The molecule has 1 amide bonds. The molecule has 0 bridgehead atoms. The second-order valence-electron chi connectivity index (χ2n) is 8.82. The van der Waals surface area contributed by atoms with Gasteiger partial charge in [0.25, 0.3) is 11.7 Å². The molecule has 0 spiro atoms. The number of ether oxygens (including phenoxy) is 2. The minimum Gasteiger partial charge on any atom is -0.452 e. The van der Waals surface area contributed by atoms with E-state index in [-0.39, 0.29) is 23.8 Å². The number of hydrogen-bond acceptors (Lipinski definition) is 8. The molecule has 4 rings (SSSR count). The van der Waals surface area contributed by atoms with Crippen LogP contribution >= 0.6 is 0 Å². The molecule has 186 valence electrons. The molecule has 10 nitrogen and oxygen atoms in total. The first-order chi connectivity index (χ1) is 16.0. The number of alkyl halides is 3. The van der Waals surface area contributed by atoms with E-state index in [1.807, 2.05) is 13.8 Å². The molecule has 4 heterocycles. The van der Waals surface area contributed by atoms with Crippen LogP contribution in [0.4, 0.5) is 19.0 Å². The molecule has 3 atom stereocenters. The van der Waals surface area contributed by atoms with Gasteiger partial charge in [0, 0.05) is 26.2 Å². The Labute approximate surface area is 194 Å². The number of morpholine rings is 1. The number of aromatic nitrogens is 4. The van der Waals surface area contributed by atoms with Gasteiger partial charge in [0.05, 0.1) is 18.1 Å². The summed E-state index contributed by atoms with van der Waals surface area (Å²) in [4.78, 5) is 28.8. The molecule has 0 aliphatic carbocycles. The summed E-state index contributed by atoms with van der Waals surface area (Å²) < 4.78 is 51.1. The maximum atomic E-state index is 13.1. The Bertz CT molecular complexity index is 1040. The van der Waals surface area contributed by atoms with Gasteiger partial charge in [-0.05, 0) is 45.7 Å². The largest absolute Gasteiger partial charge is 0.453 e. The van der Waals surface area contributed by atoms with Crippen molar-refractivity contribution in [2.45, 2.75) is 58.1 Å². The van der Waals surface area contributed by atoms with E-state index in [2.05, 4.69) is 15.3 Å². The summed E-state index contributed by atoms with van der Waals surface area (Å²) in [7, 11) is 0. The first-order valence-corrected chi connectivity index (χ1v) is 11.2. The van der Waals surface area contributed by atoms with Crippen LogP contribution in [0.15, 0.2) is 12.1 Å². The van der Waals surface area contributed by atoms with E-state index in [4.69, 9.17) is 9.47 Å². The first kappa shape index (κ1) is 24.2. The number of nitrogens with zero attached hydrogens (tertiary/aromatic N) is 6. The van der Waals surface area contributed by atoms with Gasteiger partial charge in [0.15, 0.2) is 11.8 Å². The van der Waals surface area contributed by atoms with E-state index in [0.29, 0.717) is 49.4 Å². The van der Waals surface area contributed by atoms with E-state index >= 15 is 0 Å². The van der Waals surface area contributed by atoms with Gasteiger partial charge in [-0.1, -0.05) is 0 Å². The van der Waals surface area contributed by atoms with Gasteiger partial charge in [0.2, 0.25) is 0 Å². The Balaban J connectivity index is 1.33. The smallest absolute Gasteiger partial charge is 0.452 e. The highest BCUT2D eigenvalue weighted by molar-refractivity contribution is 5.84. The lowest BCUT2D eigenvalue weighted by molar-refractivity contribution is -0.167. The molecule has 0 N–H and O–H groups in total. The number of hydrogen-bond donors (Lipinski definition) is 0. The lowest BCUT2D eigenvalue weighted by Gasteiger charge is -2.36. The van der Waals surface area contributed by atoms with E-state index in [9.17, 15) is 22.8 Å². The standard InChI is InChI=1S/C21H27F3N6O4/c1-12-10-29(11-13(2)33-12)18(31)14(3)34-19(32)15-6-8-28(9-7-15)17-5-4-16-25-26-20(21(22,23)24)30(16)27-17/h4-5,12-15H,6-11H2,1-3H3. The Kier molecular flexibility index (Phi) is 6.65. The number of halogens is 3. The molecule has 13 heteroatoms. The van der Waals surface area contributed by atoms with Gasteiger partial charge in [-0.25, -0.2) is 0 Å². The highest BCUT2D eigenvalue weighted by atomic mass is 19.4. The summed E-state index contributed by atoms with van der Waals surface area (Å²) in [5.41, 5.74) is -0.00255. The van der Waals surface area contributed by atoms with Crippen molar-refractivity contribution in [2.24, 2.45) is 5.92 Å². The van der Waals surface area contributed by atoms with Gasteiger partial charge in [0.1, 0.15) is 5.82 Å². The molecule has 2 aromatic rings. The summed E-state index contributed by atoms with van der Waals surface area (Å²) in [5.74, 6) is -1.95. The van der Waals surface area contributed by atoms with Gasteiger partial charge >= 0.3 is 12.1 Å². The van der Waals surface area contributed by atoms with Crippen LogP contribution in [0, 0.1) is 5.92 Å². The van der Waals surface area contributed by atoms with Gasteiger partial charge < -0.3 is 19.3 Å². The van der Waals surface area contributed by atoms with Crippen LogP contribution in [0.5, 0.6) is 0 Å². The first-order valence-electron chi connectivity index (χ1n) is 11.2. The van der Waals surface area contributed by atoms with Gasteiger partial charge in [-0.15, -0.1) is 15.3 Å². The molecule has 3 unspecified atom stereocenters. The molecule has 0 aromatic carbocycles. The highest BCUT2D eigenvalue weighted by Gasteiger charge is 2.38. The molecular weight excluding hydrogens is 457 g/mol. The zero-order chi connectivity index (χ0) is 24.6. The zero-order valence-corrected chi connectivity index (χ0v) is 19.2. The third-order valence-corrected chi connectivity index (χ3v) is 6.03. The normalized spacial score (nSPS) is 23.2. The van der Waals surface area contributed by atoms with E-state index in [1.54, 1.807) is 22.8 Å². The number of anilines is 1. The van der Waals surface area contributed by atoms with Crippen molar-refractivity contribution in [1.29, 1.82) is 0 Å². The highest BCUT2D eigenvalue weighted by Crippen LogP contribution is 2.29. The second kappa shape index (κ2) is 9.35. The number of amides is 1. The van der Waals surface area contributed by atoms with Crippen LogP contribution in [0.2, 0.25) is 0 Å². The van der Waals surface area contributed by atoms with Gasteiger partial charge in [-0.2, -0.15) is 17.7 Å². The fourth-order valence-corrected chi connectivity index (χ4v) is 4.40. The Morgan fingerprint density at radius 1 is 1.12 bits per heavy atom. The third kappa shape index (κ3) is 5.08. The molecule has 2 aliphatic rings. The molecule has 2 aliphatic heterocycles. The van der Waals surface area contributed by atoms with Crippen LogP contribution in [-0.2, 0) is 25.2 Å². The summed E-state index contributed by atoms with van der Waals surface area (Å²) in [5, 5.41) is 10.7. The number of carbonyl (C=O) groups is 2. The Morgan fingerprint density at radius 3 is 2.38 bits per heavy atom. The van der Waals surface area contributed by atoms with E-state index < -0.39 is 30.0 Å². The molecule has 2 aromatic heterocycles. The topological polar surface area (TPSA) is 102 Å². The molecule has 0 saturated carbocycles. The van der Waals surface area contributed by atoms with Crippen LogP contribution in [0.3, 0.4) is 0 Å². The number of carbonyl (C=O) groups excluding carboxylic acids is 2. The van der Waals surface area contributed by atoms with E-state index in [1.165, 1.54) is 6.07 Å². The quantitative estimate of drug-likeness (QED) is 0.607. The summed E-state index contributed by atoms with van der Waals surface area (Å²) in [6.45, 7) is 7.05. The lowest BCUT2D eigenvalue weighted by Crippen LogP contribution is -2.51. The van der Waals surface area contributed by atoms with Crippen molar-refractivity contribution in [2.75, 3.05) is 31.1 Å². The minimum absolute atomic E-state index is 0.00255. The number of piperidine rings is 1. The minimum atomic E-state index is -4.67. The summed E-state index contributed by atoms with van der Waals surface area (Å²) >= 11 is 0. The molecular formula is C21H27F3N6O4. The van der Waals surface area contributed by atoms with Crippen molar-refractivity contribution < 1.29 is 32.2 Å². The zero-order valence-electron chi connectivity index (χ0n) is 19.2. The van der Waals surface area contributed by atoms with Crippen LogP contribution in [0.25, 0.3) is 5.65 Å². The lowest BCUT2D eigenvalue weighted by atomic mass is 9.97. The number of rotatable bonds is 4. The van der Waals surface area contributed by atoms with Crippen LogP contribution < -0.4 is 4.90 Å². The number of esters is 1. The van der Waals surface area contributed by atoms with Crippen molar-refractivity contribution in [3.63, 3.8) is 0 Å². The predicted octanol–water partition coefficient (Wildman–Crippen LogP) is 1.93. The van der Waals surface area contributed by atoms with Crippen LogP contribution in [0.1, 0.15) is 39.4 Å². The fraction of sp³-hybridized carbons (Fsp3) is 0.667. The third-order valence-electron chi connectivity index (χ3n) is 6.03. The second-order valence-corrected chi connectivity index (χ2v) is 8.82.